The van der Waals surface area contributed by atoms with Crippen molar-refractivity contribution in [1.82, 2.24) is 19.1 Å². The summed E-state index contributed by atoms with van der Waals surface area (Å²) in [5.74, 6) is 0. The Morgan fingerprint density at radius 3 is 0.931 bits per heavy atom. The molecule has 0 saturated carbocycles. The lowest BCUT2D eigenvalue weighted by molar-refractivity contribution is 1.18. The molecule has 0 amide bonds. The number of benzene rings is 16. The molecule has 4 heterocycles. The molecule has 0 spiro atoms. The minimum absolute atomic E-state index is 0.969. The van der Waals surface area contributed by atoms with Crippen LogP contribution in [0.3, 0.4) is 0 Å². The van der Waals surface area contributed by atoms with Crippen molar-refractivity contribution in [2.75, 3.05) is 0 Å². The van der Waals surface area contributed by atoms with Crippen LogP contribution in [0.25, 0.3) is 187 Å². The zero-order chi connectivity index (χ0) is 67.5. The molecule has 20 rings (SSSR count). The SMILES string of the molecule is c1ccc(-c2ccc(-c3c4ccccc4c(-c4ccc(-c5ccc6c(c5)c5ccccc5n6-c5ccccc5)cn4)c4ccccc34)cc2)cc1.c1ccc(-c2ccc(-c3c4ccccc4c(-c4ccc(-c5cccc6c5c5ccccc5n6-c5ccccc5)cn4)c4ccccc34)cc2)cc1. The van der Waals surface area contributed by atoms with Crippen LogP contribution in [0.4, 0.5) is 0 Å². The average molecular weight is 1300 g/mol. The van der Waals surface area contributed by atoms with E-state index < -0.39 is 0 Å². The van der Waals surface area contributed by atoms with Crippen LogP contribution in [-0.4, -0.2) is 19.1 Å². The van der Waals surface area contributed by atoms with Crippen molar-refractivity contribution >= 4 is 86.7 Å². The molecular weight excluding hydrogens is 1230 g/mol. The zero-order valence-electron chi connectivity index (χ0n) is 55.7. The number of nitrogens with zero attached hydrogens (tertiary/aromatic N) is 4. The number of hydrogen-bond acceptors (Lipinski definition) is 2. The normalized spacial score (nSPS) is 11.5. The van der Waals surface area contributed by atoms with E-state index in [1.807, 2.05) is 6.20 Å². The van der Waals surface area contributed by atoms with Crippen LogP contribution in [-0.2, 0) is 0 Å². The quantitative estimate of drug-likeness (QED) is 0.128. The number of rotatable bonds is 10. The molecule has 0 atom stereocenters. The summed E-state index contributed by atoms with van der Waals surface area (Å²) >= 11 is 0. The van der Waals surface area contributed by atoms with Crippen LogP contribution in [0, 0.1) is 0 Å². The number of hydrogen-bond donors (Lipinski definition) is 0. The highest BCUT2D eigenvalue weighted by molar-refractivity contribution is 6.23. The van der Waals surface area contributed by atoms with E-state index in [0.717, 1.165) is 45.0 Å². The average Bonchev–Trinajstić information content (AvgIpc) is 1.02. The van der Waals surface area contributed by atoms with Crippen LogP contribution >= 0.6 is 0 Å². The Hall–Kier alpha value is -13.5. The molecule has 0 aliphatic heterocycles. The molecule has 0 fully saturated rings. The number of aromatic nitrogens is 4. The summed E-state index contributed by atoms with van der Waals surface area (Å²) in [4.78, 5) is 10.4. The van der Waals surface area contributed by atoms with E-state index >= 15 is 0 Å². The largest absolute Gasteiger partial charge is 0.309 e. The van der Waals surface area contributed by atoms with Gasteiger partial charge in [-0.1, -0.05) is 309 Å². The summed E-state index contributed by atoms with van der Waals surface area (Å²) < 4.78 is 4.72. The Balaban J connectivity index is 0.000000141. The number of fused-ring (bicyclic) bond motifs is 10. The highest BCUT2D eigenvalue weighted by atomic mass is 15.0. The van der Waals surface area contributed by atoms with Gasteiger partial charge < -0.3 is 9.13 Å². The topological polar surface area (TPSA) is 35.6 Å². The van der Waals surface area contributed by atoms with Crippen LogP contribution in [0.1, 0.15) is 0 Å². The maximum absolute atomic E-state index is 5.22. The fourth-order valence-electron chi connectivity index (χ4n) is 15.9. The van der Waals surface area contributed by atoms with Gasteiger partial charge in [0.25, 0.3) is 0 Å². The molecule has 4 nitrogen and oxygen atoms in total. The van der Waals surface area contributed by atoms with Crippen molar-refractivity contribution in [3.63, 3.8) is 0 Å². The predicted molar refractivity (Wildman–Crippen MR) is 431 cm³/mol. The minimum atomic E-state index is 0.969. The van der Waals surface area contributed by atoms with Crippen molar-refractivity contribution in [3.8, 4) is 101 Å². The second-order valence-electron chi connectivity index (χ2n) is 26.2. The molecule has 102 heavy (non-hydrogen) atoms. The van der Waals surface area contributed by atoms with Gasteiger partial charge in [0.05, 0.1) is 33.5 Å². The Morgan fingerprint density at radius 1 is 0.176 bits per heavy atom. The molecule has 476 valence electrons. The summed E-state index contributed by atoms with van der Waals surface area (Å²) in [6.45, 7) is 0. The van der Waals surface area contributed by atoms with Gasteiger partial charge in [-0.3, -0.25) is 9.97 Å². The van der Waals surface area contributed by atoms with Gasteiger partial charge in [0, 0.05) is 67.6 Å². The third-order valence-corrected chi connectivity index (χ3v) is 20.5. The number of para-hydroxylation sites is 4. The molecule has 0 aliphatic carbocycles. The van der Waals surface area contributed by atoms with Crippen molar-refractivity contribution in [2.45, 2.75) is 0 Å². The highest BCUT2D eigenvalue weighted by Gasteiger charge is 2.22. The van der Waals surface area contributed by atoms with Gasteiger partial charge in [-0.2, -0.15) is 0 Å². The molecule has 0 unspecified atom stereocenters. The molecule has 4 aromatic heterocycles. The number of pyridine rings is 2. The van der Waals surface area contributed by atoms with Gasteiger partial charge in [0.15, 0.2) is 0 Å². The molecule has 0 radical (unpaired) electrons. The van der Waals surface area contributed by atoms with Crippen molar-refractivity contribution < 1.29 is 0 Å². The van der Waals surface area contributed by atoms with Crippen molar-refractivity contribution in [3.05, 3.63) is 389 Å². The van der Waals surface area contributed by atoms with Gasteiger partial charge in [-0.05, 0) is 165 Å². The zero-order valence-corrected chi connectivity index (χ0v) is 55.7. The first-order chi connectivity index (χ1) is 50.6. The molecule has 0 aliphatic rings. The van der Waals surface area contributed by atoms with Crippen LogP contribution in [0.15, 0.2) is 389 Å². The summed E-state index contributed by atoms with van der Waals surface area (Å²) in [6, 6.07) is 135. The third-order valence-electron chi connectivity index (χ3n) is 20.5. The van der Waals surface area contributed by atoms with E-state index in [1.165, 1.54) is 142 Å². The Kier molecular flexibility index (Phi) is 14.9. The van der Waals surface area contributed by atoms with E-state index in [2.05, 4.69) is 391 Å². The Bertz CT molecular complexity index is 6410. The van der Waals surface area contributed by atoms with E-state index in [9.17, 15) is 0 Å². The molecule has 0 N–H and O–H groups in total. The summed E-state index contributed by atoms with van der Waals surface area (Å²) in [5, 5.41) is 14.7. The molecule has 20 aromatic rings. The van der Waals surface area contributed by atoms with Gasteiger partial charge >= 0.3 is 0 Å². The van der Waals surface area contributed by atoms with Gasteiger partial charge in [-0.25, -0.2) is 0 Å². The van der Waals surface area contributed by atoms with Gasteiger partial charge in [-0.15, -0.1) is 0 Å². The van der Waals surface area contributed by atoms with E-state index in [1.54, 1.807) is 0 Å². The third kappa shape index (κ3) is 10.3. The Morgan fingerprint density at radius 2 is 0.490 bits per heavy atom. The van der Waals surface area contributed by atoms with E-state index in [0.29, 0.717) is 0 Å². The first-order valence-electron chi connectivity index (χ1n) is 34.9. The van der Waals surface area contributed by atoms with Crippen LogP contribution in [0.2, 0.25) is 0 Å². The van der Waals surface area contributed by atoms with E-state index in [-0.39, 0.29) is 0 Å². The van der Waals surface area contributed by atoms with Crippen molar-refractivity contribution in [1.29, 1.82) is 0 Å². The summed E-state index contributed by atoms with van der Waals surface area (Å²) in [5.41, 5.74) is 25.7. The first kappa shape index (κ1) is 59.7. The predicted octanol–water partition coefficient (Wildman–Crippen LogP) is 26.3. The second kappa shape index (κ2) is 25.4. The lowest BCUT2D eigenvalue weighted by Gasteiger charge is -2.17. The molecule has 16 aromatic carbocycles. The smallest absolute Gasteiger partial charge is 0.0714 e. The molecular formula is C98H64N4. The molecule has 4 heteroatoms. The van der Waals surface area contributed by atoms with Gasteiger partial charge in [0.2, 0.25) is 0 Å². The maximum atomic E-state index is 5.22. The second-order valence-corrected chi connectivity index (χ2v) is 26.2. The lowest BCUT2D eigenvalue weighted by atomic mass is 9.86. The lowest BCUT2D eigenvalue weighted by Crippen LogP contribution is -1.93. The minimum Gasteiger partial charge on any atom is -0.309 e. The van der Waals surface area contributed by atoms with Gasteiger partial charge in [0.1, 0.15) is 0 Å². The van der Waals surface area contributed by atoms with E-state index in [4.69, 9.17) is 9.97 Å². The fraction of sp³-hybridized carbons (Fsp3) is 0. The fourth-order valence-corrected chi connectivity index (χ4v) is 15.9. The van der Waals surface area contributed by atoms with Crippen LogP contribution < -0.4 is 0 Å². The first-order valence-corrected chi connectivity index (χ1v) is 34.9. The summed E-state index contributed by atoms with van der Waals surface area (Å²) in [6.07, 6.45) is 4.09. The Labute approximate surface area is 591 Å². The highest BCUT2D eigenvalue weighted by Crippen LogP contribution is 2.47. The standard InChI is InChI=1S/2C49H32N2/c1-3-14-33(15-4-1)34-26-28-35(29-27-34)47-39-18-7-9-20-41(39)48(42-21-10-8-19-40(42)47)44-31-30-36(32-50-44)38-23-13-25-46-49(38)43-22-11-12-24-45(43)51(46)37-16-5-2-6-17-37;1-3-13-33(14-4-1)34-23-25-35(26-24-34)48-40-18-7-9-20-42(40)49(43-21-10-8-19-41(43)48)45-29-27-37(32-50-45)36-28-30-47-44(31-36)39-17-11-12-22-46(39)51(47)38-15-5-2-6-16-38/h2*1-32H. The maximum Gasteiger partial charge on any atom is 0.0714 e. The van der Waals surface area contributed by atoms with Crippen molar-refractivity contribution in [2.24, 2.45) is 0 Å². The molecule has 0 saturated heterocycles. The van der Waals surface area contributed by atoms with Crippen LogP contribution in [0.5, 0.6) is 0 Å². The summed E-state index contributed by atoms with van der Waals surface area (Å²) in [7, 11) is 0. The monoisotopic (exact) mass is 1300 g/mol. The molecule has 0 bridgehead atoms.